The molecular weight excluding hydrogens is 305 g/mol. The van der Waals surface area contributed by atoms with Gasteiger partial charge in [0.25, 0.3) is 5.91 Å². The van der Waals surface area contributed by atoms with Crippen LogP contribution in [-0.2, 0) is 0 Å². The smallest absolute Gasteiger partial charge is 0.393 e. The van der Waals surface area contributed by atoms with Crippen molar-refractivity contribution in [3.05, 3.63) is 23.9 Å². The molecule has 1 aliphatic carbocycles. The van der Waals surface area contributed by atoms with E-state index >= 15 is 0 Å². The van der Waals surface area contributed by atoms with Crippen molar-refractivity contribution in [3.63, 3.8) is 0 Å². The molecule has 4 nitrogen and oxygen atoms in total. The van der Waals surface area contributed by atoms with Gasteiger partial charge in [-0.15, -0.1) is 0 Å². The third-order valence-corrected chi connectivity index (χ3v) is 4.12. The van der Waals surface area contributed by atoms with Crippen LogP contribution in [0.25, 0.3) is 0 Å². The molecule has 2 atom stereocenters. The van der Waals surface area contributed by atoms with Crippen molar-refractivity contribution in [3.8, 4) is 0 Å². The summed E-state index contributed by atoms with van der Waals surface area (Å²) in [6.45, 7) is 0.255. The van der Waals surface area contributed by atoms with Crippen LogP contribution in [0.5, 0.6) is 0 Å². The van der Waals surface area contributed by atoms with Gasteiger partial charge in [0.2, 0.25) is 0 Å². The van der Waals surface area contributed by atoms with Gasteiger partial charge in [0, 0.05) is 30.4 Å². The number of rotatable bonds is 4. The molecule has 1 amide bonds. The van der Waals surface area contributed by atoms with Gasteiger partial charge >= 0.3 is 5.51 Å². The van der Waals surface area contributed by atoms with Crippen molar-refractivity contribution in [1.29, 1.82) is 0 Å². The minimum atomic E-state index is -4.50. The maximum Gasteiger partial charge on any atom is 0.447 e. The zero-order chi connectivity index (χ0) is 15.5. The van der Waals surface area contributed by atoms with E-state index in [1.54, 1.807) is 0 Å². The third-order valence-electron chi connectivity index (χ3n) is 3.37. The summed E-state index contributed by atoms with van der Waals surface area (Å²) in [4.78, 5) is 15.6. The molecule has 0 bridgehead atoms. The second-order valence-electron chi connectivity index (χ2n) is 4.87. The molecule has 0 saturated heterocycles. The van der Waals surface area contributed by atoms with Crippen LogP contribution in [0.3, 0.4) is 0 Å². The minimum absolute atomic E-state index is 0.0376. The number of carbonyl (C=O) groups excluding carboxylic acids is 1. The lowest BCUT2D eigenvalue weighted by molar-refractivity contribution is -0.0329. The van der Waals surface area contributed by atoms with E-state index in [4.69, 9.17) is 0 Å². The van der Waals surface area contributed by atoms with Crippen molar-refractivity contribution in [2.45, 2.75) is 35.9 Å². The maximum atomic E-state index is 12.4. The normalized spacial score (nSPS) is 22.3. The summed E-state index contributed by atoms with van der Waals surface area (Å²) in [7, 11) is 0. The van der Waals surface area contributed by atoms with Crippen LogP contribution in [0.1, 0.15) is 29.6 Å². The first-order valence-electron chi connectivity index (χ1n) is 6.54. The van der Waals surface area contributed by atoms with Gasteiger partial charge in [-0.3, -0.25) is 4.79 Å². The van der Waals surface area contributed by atoms with Crippen molar-refractivity contribution in [2.75, 3.05) is 6.54 Å². The molecule has 8 heteroatoms. The molecule has 116 valence electrons. The van der Waals surface area contributed by atoms with E-state index in [-0.39, 0.29) is 23.1 Å². The molecule has 1 aromatic heterocycles. The number of amides is 1. The fourth-order valence-electron chi connectivity index (χ4n) is 2.33. The van der Waals surface area contributed by atoms with E-state index in [0.717, 1.165) is 12.8 Å². The molecule has 2 N–H and O–H groups in total. The highest BCUT2D eigenvalue weighted by atomic mass is 32.2. The molecule has 2 unspecified atom stereocenters. The average Bonchev–Trinajstić information content (AvgIpc) is 2.80. The highest BCUT2D eigenvalue weighted by molar-refractivity contribution is 8.00. The molecule has 0 spiro atoms. The van der Waals surface area contributed by atoms with Crippen LogP contribution >= 0.6 is 11.8 Å². The van der Waals surface area contributed by atoms with Crippen LogP contribution in [0.15, 0.2) is 23.4 Å². The van der Waals surface area contributed by atoms with Gasteiger partial charge in [-0.25, -0.2) is 4.98 Å². The molecule has 1 saturated carbocycles. The van der Waals surface area contributed by atoms with Crippen LogP contribution < -0.4 is 5.32 Å². The highest BCUT2D eigenvalue weighted by Crippen LogP contribution is 2.37. The summed E-state index contributed by atoms with van der Waals surface area (Å²) >= 11 is -0.407. The van der Waals surface area contributed by atoms with E-state index in [9.17, 15) is 23.1 Å². The standard InChI is InChI=1S/C13H15F3N2O2S/c14-13(15,16)21-12-9(4-2-6-17-12)11(20)18-7-8-3-1-5-10(8)19/h2,4,6,8,10,19H,1,3,5,7H2,(H,18,20). The van der Waals surface area contributed by atoms with Crippen molar-refractivity contribution >= 4 is 17.7 Å². The summed E-state index contributed by atoms with van der Waals surface area (Å²) in [5.41, 5.74) is -4.60. The summed E-state index contributed by atoms with van der Waals surface area (Å²) in [5, 5.41) is 11.9. The summed E-state index contributed by atoms with van der Waals surface area (Å²) < 4.78 is 37.3. The maximum absolute atomic E-state index is 12.4. The third kappa shape index (κ3) is 4.60. The molecule has 1 heterocycles. The number of alkyl halides is 3. The Kier molecular flexibility index (Phi) is 5.10. The second-order valence-corrected chi connectivity index (χ2v) is 5.93. The Labute approximate surface area is 124 Å². The molecule has 0 aromatic carbocycles. The first-order chi connectivity index (χ1) is 9.87. The number of aliphatic hydroxyl groups is 1. The number of halogens is 3. The lowest BCUT2D eigenvalue weighted by Gasteiger charge is -2.16. The van der Waals surface area contributed by atoms with E-state index < -0.39 is 29.3 Å². The van der Waals surface area contributed by atoms with Gasteiger partial charge in [-0.1, -0.05) is 6.42 Å². The lowest BCUT2D eigenvalue weighted by Crippen LogP contribution is -2.32. The van der Waals surface area contributed by atoms with Gasteiger partial charge in [0.1, 0.15) is 5.03 Å². The van der Waals surface area contributed by atoms with E-state index in [1.807, 2.05) is 0 Å². The largest absolute Gasteiger partial charge is 0.447 e. The molecule has 2 rings (SSSR count). The van der Waals surface area contributed by atoms with Crippen molar-refractivity contribution < 1.29 is 23.1 Å². The number of aromatic nitrogens is 1. The molecule has 1 fully saturated rings. The number of carbonyl (C=O) groups is 1. The van der Waals surface area contributed by atoms with Gasteiger partial charge < -0.3 is 10.4 Å². The van der Waals surface area contributed by atoms with Crippen molar-refractivity contribution in [1.82, 2.24) is 10.3 Å². The summed E-state index contributed by atoms with van der Waals surface area (Å²) in [5.74, 6) is -0.640. The summed E-state index contributed by atoms with van der Waals surface area (Å²) in [6.07, 6.45) is 3.15. The Morgan fingerprint density at radius 3 is 2.86 bits per heavy atom. The zero-order valence-electron chi connectivity index (χ0n) is 11.1. The van der Waals surface area contributed by atoms with Gasteiger partial charge in [-0.05, 0) is 25.0 Å². The fraction of sp³-hybridized carbons (Fsp3) is 0.538. The molecule has 1 aliphatic rings. The van der Waals surface area contributed by atoms with Crippen LogP contribution in [0, 0.1) is 5.92 Å². The molecular formula is C13H15F3N2O2S. The SMILES string of the molecule is O=C(NCC1CCCC1O)c1cccnc1SC(F)(F)F. The van der Waals surface area contributed by atoms with Gasteiger partial charge in [0.15, 0.2) is 0 Å². The zero-order valence-corrected chi connectivity index (χ0v) is 11.9. The number of thioether (sulfide) groups is 1. The van der Waals surface area contributed by atoms with Crippen LogP contribution in [0.4, 0.5) is 13.2 Å². The monoisotopic (exact) mass is 320 g/mol. The van der Waals surface area contributed by atoms with Crippen LogP contribution in [-0.4, -0.2) is 34.2 Å². The predicted molar refractivity (Wildman–Crippen MR) is 71.8 cm³/mol. The van der Waals surface area contributed by atoms with Crippen molar-refractivity contribution in [2.24, 2.45) is 5.92 Å². The van der Waals surface area contributed by atoms with E-state index in [0.29, 0.717) is 6.42 Å². The second kappa shape index (κ2) is 6.65. The number of nitrogens with one attached hydrogen (secondary N) is 1. The van der Waals surface area contributed by atoms with E-state index in [2.05, 4.69) is 10.3 Å². The number of nitrogens with zero attached hydrogens (tertiary/aromatic N) is 1. The minimum Gasteiger partial charge on any atom is -0.393 e. The molecule has 0 radical (unpaired) electrons. The Morgan fingerprint density at radius 2 is 2.24 bits per heavy atom. The average molecular weight is 320 g/mol. The predicted octanol–water partition coefficient (Wildman–Crippen LogP) is 2.58. The number of hydrogen-bond donors (Lipinski definition) is 2. The Morgan fingerprint density at radius 1 is 1.48 bits per heavy atom. The van der Waals surface area contributed by atoms with Gasteiger partial charge in [0.05, 0.1) is 11.7 Å². The first-order valence-corrected chi connectivity index (χ1v) is 7.35. The first kappa shape index (κ1) is 16.1. The van der Waals surface area contributed by atoms with Crippen LogP contribution in [0.2, 0.25) is 0 Å². The number of aliphatic hydroxyl groups excluding tert-OH is 1. The Bertz CT molecular complexity index is 510. The number of hydrogen-bond acceptors (Lipinski definition) is 4. The lowest BCUT2D eigenvalue weighted by atomic mass is 10.1. The topological polar surface area (TPSA) is 62.2 Å². The Balaban J connectivity index is 2.01. The highest BCUT2D eigenvalue weighted by Gasteiger charge is 2.32. The summed E-state index contributed by atoms with van der Waals surface area (Å²) in [6, 6.07) is 2.72. The fourth-order valence-corrected chi connectivity index (χ4v) is 2.93. The number of pyridine rings is 1. The van der Waals surface area contributed by atoms with Gasteiger partial charge in [-0.2, -0.15) is 13.2 Å². The molecule has 0 aliphatic heterocycles. The molecule has 1 aromatic rings. The quantitative estimate of drug-likeness (QED) is 0.837. The molecule has 21 heavy (non-hydrogen) atoms. The Hall–Kier alpha value is -1.28. The van der Waals surface area contributed by atoms with E-state index in [1.165, 1.54) is 18.3 Å².